The molecule has 0 aliphatic carbocycles. The fraction of sp³-hybridized carbons (Fsp3) is 0.273. The van der Waals surface area contributed by atoms with Crippen molar-refractivity contribution >= 4 is 11.8 Å². The summed E-state index contributed by atoms with van der Waals surface area (Å²) in [6.07, 6.45) is 1.99. The second kappa shape index (κ2) is 4.57. The molecule has 1 heterocycles. The first-order valence-corrected chi connectivity index (χ1v) is 6.21. The summed E-state index contributed by atoms with van der Waals surface area (Å²) in [5, 5.41) is 13.2. The topological polar surface area (TPSA) is 59.2 Å². The molecule has 1 aromatic carbocycles. The summed E-state index contributed by atoms with van der Waals surface area (Å²) in [5.74, 6) is 2.17. The highest BCUT2D eigenvalue weighted by molar-refractivity contribution is 7.97. The third-order valence-electron chi connectivity index (χ3n) is 2.18. The van der Waals surface area contributed by atoms with Crippen molar-refractivity contribution in [2.45, 2.75) is 12.7 Å². The van der Waals surface area contributed by atoms with E-state index in [9.17, 15) is 5.11 Å². The number of thioether (sulfide) groups is 1. The number of nitrogens with zero attached hydrogens (tertiary/aromatic N) is 2. The van der Waals surface area contributed by atoms with Gasteiger partial charge in [0.1, 0.15) is 5.75 Å². The number of phenolic OH excluding ortho intramolecular Hbond substituents is 1. The Bertz CT molecular complexity index is 496. The Kier molecular flexibility index (Phi) is 3.14. The number of aromatic hydroxyl groups is 1. The van der Waals surface area contributed by atoms with E-state index in [2.05, 4.69) is 10.1 Å². The van der Waals surface area contributed by atoms with Crippen molar-refractivity contribution in [3.63, 3.8) is 0 Å². The molecule has 0 unspecified atom stereocenters. The number of aromatic nitrogens is 2. The number of aryl methyl sites for hydroxylation is 1. The van der Waals surface area contributed by atoms with Crippen molar-refractivity contribution in [1.29, 1.82) is 0 Å². The van der Waals surface area contributed by atoms with E-state index in [1.165, 1.54) is 0 Å². The molecule has 0 amide bonds. The van der Waals surface area contributed by atoms with E-state index < -0.39 is 0 Å². The van der Waals surface area contributed by atoms with Gasteiger partial charge in [-0.25, -0.2) is 0 Å². The fourth-order valence-corrected chi connectivity index (χ4v) is 1.81. The number of benzene rings is 1. The van der Waals surface area contributed by atoms with Crippen molar-refractivity contribution in [2.75, 3.05) is 6.26 Å². The molecule has 0 saturated heterocycles. The van der Waals surface area contributed by atoms with Gasteiger partial charge in [0.25, 0.3) is 5.89 Å². The van der Waals surface area contributed by atoms with Crippen molar-refractivity contribution < 1.29 is 9.63 Å². The average Bonchev–Trinajstić information content (AvgIpc) is 2.67. The summed E-state index contributed by atoms with van der Waals surface area (Å²) in [6.45, 7) is 1.90. The van der Waals surface area contributed by atoms with Crippen LogP contribution in [0.5, 0.6) is 5.75 Å². The molecule has 0 saturated carbocycles. The Morgan fingerprint density at radius 3 is 2.94 bits per heavy atom. The first-order chi connectivity index (χ1) is 7.70. The molecular weight excluding hydrogens is 224 g/mol. The number of hydrogen-bond acceptors (Lipinski definition) is 5. The molecule has 0 spiro atoms. The van der Waals surface area contributed by atoms with Gasteiger partial charge in [-0.1, -0.05) is 5.16 Å². The van der Waals surface area contributed by atoms with E-state index in [-0.39, 0.29) is 5.75 Å². The number of hydrogen-bond donors (Lipinski definition) is 1. The molecule has 16 heavy (non-hydrogen) atoms. The van der Waals surface area contributed by atoms with Crippen LogP contribution in [0.25, 0.3) is 11.5 Å². The van der Waals surface area contributed by atoms with Gasteiger partial charge in [0.05, 0.1) is 5.75 Å². The second-order valence-electron chi connectivity index (χ2n) is 3.45. The molecule has 0 aliphatic heterocycles. The van der Waals surface area contributed by atoms with Crippen molar-refractivity contribution in [1.82, 2.24) is 10.1 Å². The molecule has 84 valence electrons. The molecule has 0 fully saturated rings. The fourth-order valence-electron chi connectivity index (χ4n) is 1.44. The first kappa shape index (κ1) is 11.0. The summed E-state index contributed by atoms with van der Waals surface area (Å²) >= 11 is 1.64. The number of phenols is 1. The van der Waals surface area contributed by atoms with Crippen LogP contribution < -0.4 is 0 Å². The van der Waals surface area contributed by atoms with E-state index in [4.69, 9.17) is 4.52 Å². The SMILES string of the molecule is CSCc1noc(-c2ccc(O)cc2C)n1. The van der Waals surface area contributed by atoms with Crippen molar-refractivity contribution in [2.24, 2.45) is 0 Å². The standard InChI is InChI=1S/C11H12N2O2S/c1-7-5-8(14)3-4-9(7)11-12-10(6-16-2)13-15-11/h3-5,14H,6H2,1-2H3. The Hall–Kier alpha value is -1.49. The monoisotopic (exact) mass is 236 g/mol. The van der Waals surface area contributed by atoms with Crippen LogP contribution in [0.15, 0.2) is 22.7 Å². The van der Waals surface area contributed by atoms with E-state index in [0.29, 0.717) is 11.7 Å². The van der Waals surface area contributed by atoms with E-state index >= 15 is 0 Å². The summed E-state index contributed by atoms with van der Waals surface area (Å²) in [6, 6.07) is 5.07. The Labute approximate surface area is 97.7 Å². The summed E-state index contributed by atoms with van der Waals surface area (Å²) in [4.78, 5) is 4.28. The molecule has 5 heteroatoms. The van der Waals surface area contributed by atoms with Crippen LogP contribution in [0, 0.1) is 6.92 Å². The second-order valence-corrected chi connectivity index (χ2v) is 4.31. The first-order valence-electron chi connectivity index (χ1n) is 4.82. The third-order valence-corrected chi connectivity index (χ3v) is 2.73. The van der Waals surface area contributed by atoms with Gasteiger partial charge in [-0.2, -0.15) is 16.7 Å². The maximum absolute atomic E-state index is 9.30. The highest BCUT2D eigenvalue weighted by atomic mass is 32.2. The zero-order valence-corrected chi connectivity index (χ0v) is 9.91. The normalized spacial score (nSPS) is 10.6. The van der Waals surface area contributed by atoms with E-state index in [1.807, 2.05) is 13.2 Å². The lowest BCUT2D eigenvalue weighted by Gasteiger charge is -2.00. The molecule has 0 atom stereocenters. The van der Waals surface area contributed by atoms with Crippen LogP contribution in [0.3, 0.4) is 0 Å². The minimum atomic E-state index is 0.241. The maximum atomic E-state index is 9.30. The van der Waals surface area contributed by atoms with Crippen LogP contribution in [-0.4, -0.2) is 21.5 Å². The molecule has 1 N–H and O–H groups in total. The predicted molar refractivity (Wildman–Crippen MR) is 63.4 cm³/mol. The predicted octanol–water partition coefficient (Wildman–Crippen LogP) is 2.61. The molecule has 0 bridgehead atoms. The Morgan fingerprint density at radius 1 is 1.44 bits per heavy atom. The molecule has 2 aromatic rings. The van der Waals surface area contributed by atoms with E-state index in [0.717, 1.165) is 16.9 Å². The zero-order chi connectivity index (χ0) is 11.5. The molecule has 2 rings (SSSR count). The average molecular weight is 236 g/mol. The van der Waals surface area contributed by atoms with Crippen LogP contribution >= 0.6 is 11.8 Å². The molecule has 1 aromatic heterocycles. The summed E-state index contributed by atoms with van der Waals surface area (Å²) in [5.41, 5.74) is 1.78. The van der Waals surface area contributed by atoms with Gasteiger partial charge in [-0.05, 0) is 36.9 Å². The zero-order valence-electron chi connectivity index (χ0n) is 9.10. The van der Waals surface area contributed by atoms with Crippen LogP contribution in [0.2, 0.25) is 0 Å². The third kappa shape index (κ3) is 2.19. The lowest BCUT2D eigenvalue weighted by molar-refractivity contribution is 0.424. The van der Waals surface area contributed by atoms with Crippen LogP contribution in [0.4, 0.5) is 0 Å². The van der Waals surface area contributed by atoms with Crippen LogP contribution in [0.1, 0.15) is 11.4 Å². The minimum absolute atomic E-state index is 0.241. The van der Waals surface area contributed by atoms with Gasteiger partial charge < -0.3 is 9.63 Å². The molecule has 0 radical (unpaired) electrons. The molecule has 4 nitrogen and oxygen atoms in total. The van der Waals surface area contributed by atoms with Gasteiger partial charge in [0.15, 0.2) is 5.82 Å². The van der Waals surface area contributed by atoms with Gasteiger partial charge in [-0.3, -0.25) is 0 Å². The highest BCUT2D eigenvalue weighted by Crippen LogP contribution is 2.25. The highest BCUT2D eigenvalue weighted by Gasteiger charge is 2.10. The van der Waals surface area contributed by atoms with Crippen LogP contribution in [-0.2, 0) is 5.75 Å². The molecule has 0 aliphatic rings. The lowest BCUT2D eigenvalue weighted by Crippen LogP contribution is -1.85. The minimum Gasteiger partial charge on any atom is -0.508 e. The van der Waals surface area contributed by atoms with Gasteiger partial charge in [0, 0.05) is 5.56 Å². The van der Waals surface area contributed by atoms with Gasteiger partial charge in [-0.15, -0.1) is 0 Å². The number of rotatable bonds is 3. The summed E-state index contributed by atoms with van der Waals surface area (Å²) < 4.78 is 5.17. The Balaban J connectivity index is 2.35. The Morgan fingerprint density at radius 2 is 2.25 bits per heavy atom. The smallest absolute Gasteiger partial charge is 0.258 e. The van der Waals surface area contributed by atoms with Gasteiger partial charge in [0.2, 0.25) is 0 Å². The largest absolute Gasteiger partial charge is 0.508 e. The molecular formula is C11H12N2O2S. The van der Waals surface area contributed by atoms with Crippen molar-refractivity contribution in [3.8, 4) is 17.2 Å². The van der Waals surface area contributed by atoms with E-state index in [1.54, 1.807) is 30.0 Å². The maximum Gasteiger partial charge on any atom is 0.258 e. The lowest BCUT2D eigenvalue weighted by atomic mass is 10.1. The quantitative estimate of drug-likeness (QED) is 0.887. The summed E-state index contributed by atoms with van der Waals surface area (Å²) in [7, 11) is 0. The van der Waals surface area contributed by atoms with Crippen molar-refractivity contribution in [3.05, 3.63) is 29.6 Å². The van der Waals surface area contributed by atoms with Gasteiger partial charge >= 0.3 is 0 Å².